The summed E-state index contributed by atoms with van der Waals surface area (Å²) >= 11 is 7.17. The predicted octanol–water partition coefficient (Wildman–Crippen LogP) is 6.14. The standard InChI is InChI=1S/C30H28ClN3O3S/c31-23-14-11-21(12-15-23)27(35)19-38-30-33-26-17-22(28(36)32-24-9-5-2-6-10-24)13-16-25(26)29(37)34(30)18-20-7-3-1-4-8-20/h1,3-4,7-8,11-17,24H,2,5-6,9-10,18-19H2,(H,32,36). The summed E-state index contributed by atoms with van der Waals surface area (Å²) < 4.78 is 1.60. The molecular weight excluding hydrogens is 518 g/mol. The molecule has 194 valence electrons. The Morgan fingerprint density at radius 2 is 1.66 bits per heavy atom. The highest BCUT2D eigenvalue weighted by atomic mass is 35.5. The normalized spacial score (nSPS) is 13.9. The number of nitrogens with zero attached hydrogens (tertiary/aromatic N) is 2. The van der Waals surface area contributed by atoms with Gasteiger partial charge in [-0.3, -0.25) is 19.0 Å². The highest BCUT2D eigenvalue weighted by Crippen LogP contribution is 2.23. The zero-order valence-electron chi connectivity index (χ0n) is 20.9. The quantitative estimate of drug-likeness (QED) is 0.163. The number of halogens is 1. The van der Waals surface area contributed by atoms with Crippen molar-refractivity contribution in [1.29, 1.82) is 0 Å². The predicted molar refractivity (Wildman–Crippen MR) is 152 cm³/mol. The average Bonchev–Trinajstić information content (AvgIpc) is 2.94. The Labute approximate surface area is 230 Å². The molecule has 8 heteroatoms. The van der Waals surface area contributed by atoms with Crippen molar-refractivity contribution in [2.75, 3.05) is 5.75 Å². The molecule has 1 N–H and O–H groups in total. The Balaban J connectivity index is 1.46. The van der Waals surface area contributed by atoms with Crippen LogP contribution in [-0.4, -0.2) is 33.0 Å². The fraction of sp³-hybridized carbons (Fsp3) is 0.267. The fourth-order valence-corrected chi connectivity index (χ4v) is 5.74. The zero-order valence-corrected chi connectivity index (χ0v) is 22.4. The number of hydrogen-bond acceptors (Lipinski definition) is 5. The Bertz CT molecular complexity index is 1510. The van der Waals surface area contributed by atoms with Crippen molar-refractivity contribution >= 4 is 46.0 Å². The van der Waals surface area contributed by atoms with E-state index in [0.717, 1.165) is 31.2 Å². The molecule has 0 unspecified atom stereocenters. The molecule has 1 fully saturated rings. The molecule has 5 rings (SSSR count). The van der Waals surface area contributed by atoms with E-state index in [1.54, 1.807) is 47.0 Å². The van der Waals surface area contributed by atoms with Crippen LogP contribution in [0.2, 0.25) is 5.02 Å². The second-order valence-electron chi connectivity index (χ2n) is 9.53. The van der Waals surface area contributed by atoms with Crippen LogP contribution in [0.1, 0.15) is 58.4 Å². The Morgan fingerprint density at radius 3 is 2.39 bits per heavy atom. The number of fused-ring (bicyclic) bond motifs is 1. The lowest BCUT2D eigenvalue weighted by Crippen LogP contribution is -2.36. The fourth-order valence-electron chi connectivity index (χ4n) is 4.72. The number of Topliss-reactive ketones (excluding diaryl/α,β-unsaturated/α-hetero) is 1. The second kappa shape index (κ2) is 12.0. The van der Waals surface area contributed by atoms with Crippen molar-refractivity contribution in [3.8, 4) is 0 Å². The van der Waals surface area contributed by atoms with Crippen LogP contribution in [-0.2, 0) is 6.54 Å². The Hall–Kier alpha value is -3.42. The largest absolute Gasteiger partial charge is 0.349 e. The van der Waals surface area contributed by atoms with Gasteiger partial charge in [0.15, 0.2) is 10.9 Å². The minimum Gasteiger partial charge on any atom is -0.349 e. The van der Waals surface area contributed by atoms with Crippen LogP contribution in [0.15, 0.2) is 82.7 Å². The monoisotopic (exact) mass is 545 g/mol. The number of rotatable bonds is 8. The van der Waals surface area contributed by atoms with E-state index >= 15 is 0 Å². The molecule has 1 amide bonds. The summed E-state index contributed by atoms with van der Waals surface area (Å²) in [5.41, 5.74) is 2.20. The van der Waals surface area contributed by atoms with Crippen LogP contribution >= 0.6 is 23.4 Å². The lowest BCUT2D eigenvalue weighted by molar-refractivity contribution is 0.0927. The molecule has 1 aliphatic rings. The number of hydrogen-bond donors (Lipinski definition) is 1. The molecular formula is C30H28ClN3O3S. The van der Waals surface area contributed by atoms with E-state index in [0.29, 0.717) is 38.8 Å². The number of ketones is 1. The SMILES string of the molecule is O=C(CSc1nc2cc(C(=O)NC3CCCCC3)ccc2c(=O)n1Cc1ccccc1)c1ccc(Cl)cc1. The molecule has 38 heavy (non-hydrogen) atoms. The lowest BCUT2D eigenvalue weighted by atomic mass is 9.95. The van der Waals surface area contributed by atoms with Gasteiger partial charge >= 0.3 is 0 Å². The smallest absolute Gasteiger partial charge is 0.262 e. The van der Waals surface area contributed by atoms with Gasteiger partial charge in [0.1, 0.15) is 0 Å². The maximum Gasteiger partial charge on any atom is 0.262 e. The molecule has 4 aromatic rings. The lowest BCUT2D eigenvalue weighted by Gasteiger charge is -2.22. The molecule has 0 atom stereocenters. The number of aromatic nitrogens is 2. The third-order valence-electron chi connectivity index (χ3n) is 6.80. The van der Waals surface area contributed by atoms with E-state index in [9.17, 15) is 14.4 Å². The first-order chi connectivity index (χ1) is 18.5. The highest BCUT2D eigenvalue weighted by Gasteiger charge is 2.19. The molecule has 1 aromatic heterocycles. The van der Waals surface area contributed by atoms with Gasteiger partial charge in [-0.25, -0.2) is 4.98 Å². The van der Waals surface area contributed by atoms with Gasteiger partial charge in [-0.2, -0.15) is 0 Å². The summed E-state index contributed by atoms with van der Waals surface area (Å²) in [4.78, 5) is 44.2. The van der Waals surface area contributed by atoms with Crippen molar-refractivity contribution in [3.63, 3.8) is 0 Å². The van der Waals surface area contributed by atoms with Gasteiger partial charge in [0, 0.05) is 22.2 Å². The molecule has 3 aromatic carbocycles. The summed E-state index contributed by atoms with van der Waals surface area (Å²) in [6.45, 7) is 0.323. The molecule has 0 saturated heterocycles. The van der Waals surface area contributed by atoms with E-state index in [-0.39, 0.29) is 29.0 Å². The highest BCUT2D eigenvalue weighted by molar-refractivity contribution is 7.99. The molecule has 0 spiro atoms. The van der Waals surface area contributed by atoms with Gasteiger partial charge in [0.25, 0.3) is 11.5 Å². The minimum absolute atomic E-state index is 0.0899. The van der Waals surface area contributed by atoms with Gasteiger partial charge < -0.3 is 5.32 Å². The number of nitrogens with one attached hydrogen (secondary N) is 1. The number of benzene rings is 3. The summed E-state index contributed by atoms with van der Waals surface area (Å²) in [5.74, 6) is -0.134. The summed E-state index contributed by atoms with van der Waals surface area (Å²) in [6.07, 6.45) is 5.44. The van der Waals surface area contributed by atoms with E-state index in [2.05, 4.69) is 5.32 Å². The summed E-state index contributed by atoms with van der Waals surface area (Å²) in [5, 5.41) is 4.55. The van der Waals surface area contributed by atoms with Crippen LogP contribution in [0.3, 0.4) is 0 Å². The van der Waals surface area contributed by atoms with Gasteiger partial charge in [-0.05, 0) is 60.9 Å². The third kappa shape index (κ3) is 6.17. The minimum atomic E-state index is -0.209. The number of amides is 1. The topological polar surface area (TPSA) is 81.1 Å². The molecule has 0 radical (unpaired) electrons. The van der Waals surface area contributed by atoms with E-state index in [1.807, 2.05) is 30.3 Å². The summed E-state index contributed by atoms with van der Waals surface area (Å²) in [7, 11) is 0. The first-order valence-electron chi connectivity index (χ1n) is 12.8. The van der Waals surface area contributed by atoms with E-state index in [4.69, 9.17) is 16.6 Å². The maximum atomic E-state index is 13.6. The van der Waals surface area contributed by atoms with Crippen LogP contribution < -0.4 is 10.9 Å². The average molecular weight is 546 g/mol. The first kappa shape index (κ1) is 26.2. The van der Waals surface area contributed by atoms with Gasteiger partial charge in [0.05, 0.1) is 23.2 Å². The van der Waals surface area contributed by atoms with Crippen molar-refractivity contribution < 1.29 is 9.59 Å². The Morgan fingerprint density at radius 1 is 0.947 bits per heavy atom. The van der Waals surface area contributed by atoms with Crippen molar-refractivity contribution in [1.82, 2.24) is 14.9 Å². The van der Waals surface area contributed by atoms with Crippen molar-refractivity contribution in [2.24, 2.45) is 0 Å². The molecule has 1 heterocycles. The van der Waals surface area contributed by atoms with Crippen molar-refractivity contribution in [3.05, 3.63) is 105 Å². The number of carbonyl (C=O) groups excluding carboxylic acids is 2. The number of carbonyl (C=O) groups is 2. The van der Waals surface area contributed by atoms with E-state index in [1.165, 1.54) is 18.2 Å². The Kier molecular flexibility index (Phi) is 8.25. The van der Waals surface area contributed by atoms with E-state index < -0.39 is 0 Å². The van der Waals surface area contributed by atoms with Gasteiger partial charge in [-0.15, -0.1) is 0 Å². The molecule has 1 aliphatic carbocycles. The van der Waals surface area contributed by atoms with Crippen LogP contribution in [0.25, 0.3) is 10.9 Å². The first-order valence-corrected chi connectivity index (χ1v) is 14.2. The molecule has 0 aliphatic heterocycles. The van der Waals surface area contributed by atoms with Crippen LogP contribution in [0.5, 0.6) is 0 Å². The number of thioether (sulfide) groups is 1. The van der Waals surface area contributed by atoms with Crippen LogP contribution in [0.4, 0.5) is 0 Å². The summed E-state index contributed by atoms with van der Waals surface area (Å²) in [6, 6.07) is 21.6. The van der Waals surface area contributed by atoms with Gasteiger partial charge in [0.2, 0.25) is 0 Å². The molecule has 1 saturated carbocycles. The zero-order chi connectivity index (χ0) is 26.5. The maximum absolute atomic E-state index is 13.6. The second-order valence-corrected chi connectivity index (χ2v) is 10.9. The van der Waals surface area contributed by atoms with Crippen molar-refractivity contribution in [2.45, 2.75) is 49.8 Å². The van der Waals surface area contributed by atoms with Crippen LogP contribution in [0, 0.1) is 0 Å². The van der Waals surface area contributed by atoms with Gasteiger partial charge in [-0.1, -0.05) is 73.0 Å². The third-order valence-corrected chi connectivity index (χ3v) is 8.03. The molecule has 0 bridgehead atoms. The molecule has 6 nitrogen and oxygen atoms in total.